The van der Waals surface area contributed by atoms with Crippen molar-refractivity contribution in [3.8, 4) is 0 Å². The monoisotopic (exact) mass is 292 g/mol. The van der Waals surface area contributed by atoms with Gasteiger partial charge in [0.25, 0.3) is 0 Å². The molecule has 0 bridgehead atoms. The van der Waals surface area contributed by atoms with Gasteiger partial charge in [-0.25, -0.2) is 17.2 Å². The summed E-state index contributed by atoms with van der Waals surface area (Å²) in [4.78, 5) is 10.3. The van der Waals surface area contributed by atoms with Crippen molar-refractivity contribution < 1.29 is 22.0 Å². The highest BCUT2D eigenvalue weighted by atomic mass is 32.2. The molecule has 0 saturated heterocycles. The molecule has 106 valence electrons. The van der Waals surface area contributed by atoms with Crippen LogP contribution in [0.15, 0.2) is 23.1 Å². The lowest BCUT2D eigenvalue weighted by Gasteiger charge is -2.14. The summed E-state index contributed by atoms with van der Waals surface area (Å²) in [5.74, 6) is -3.01. The van der Waals surface area contributed by atoms with E-state index >= 15 is 0 Å². The summed E-state index contributed by atoms with van der Waals surface area (Å²) < 4.78 is 52.3. The number of carbonyl (C=O) groups excluding carboxylic acids is 1. The zero-order valence-electron chi connectivity index (χ0n) is 10.4. The third-order valence-corrected chi connectivity index (χ3v) is 3.86. The molecule has 1 aromatic carbocycles. The molecule has 1 aromatic rings. The highest BCUT2D eigenvalue weighted by Gasteiger charge is 2.27. The second-order valence-corrected chi connectivity index (χ2v) is 5.44. The van der Waals surface area contributed by atoms with Gasteiger partial charge in [0.1, 0.15) is 11.6 Å². The maximum absolute atomic E-state index is 13.4. The minimum Gasteiger partial charge on any atom is -0.355 e. The molecule has 1 amide bonds. The number of hydrogen-bond acceptors (Lipinski definition) is 3. The van der Waals surface area contributed by atoms with E-state index < -0.39 is 38.5 Å². The summed E-state index contributed by atoms with van der Waals surface area (Å²) in [7, 11) is -4.45. The zero-order valence-corrected chi connectivity index (χ0v) is 11.2. The van der Waals surface area contributed by atoms with E-state index in [0.29, 0.717) is 6.54 Å². The van der Waals surface area contributed by atoms with Crippen molar-refractivity contribution in [1.29, 1.82) is 0 Å². The first-order valence-corrected chi connectivity index (χ1v) is 7.02. The Labute approximate surface area is 110 Å². The smallest absolute Gasteiger partial charge is 0.247 e. The number of amides is 1. The number of benzene rings is 1. The Morgan fingerprint density at radius 3 is 2.32 bits per heavy atom. The van der Waals surface area contributed by atoms with Crippen LogP contribution < -0.4 is 10.0 Å². The van der Waals surface area contributed by atoms with Crippen LogP contribution >= 0.6 is 0 Å². The fourth-order valence-electron chi connectivity index (χ4n) is 1.41. The first-order valence-electron chi connectivity index (χ1n) is 5.53. The summed E-state index contributed by atoms with van der Waals surface area (Å²) in [6, 6.07) is 1.57. The molecule has 0 aromatic heterocycles. The van der Waals surface area contributed by atoms with Crippen LogP contribution in [0.5, 0.6) is 0 Å². The summed E-state index contributed by atoms with van der Waals surface area (Å²) >= 11 is 0. The average molecular weight is 292 g/mol. The molecular formula is C11H14F2N2O3S. The van der Waals surface area contributed by atoms with Gasteiger partial charge in [-0.1, -0.05) is 6.07 Å². The van der Waals surface area contributed by atoms with E-state index in [1.807, 2.05) is 4.72 Å². The molecular weight excluding hydrogens is 278 g/mol. The quantitative estimate of drug-likeness (QED) is 0.841. The molecule has 0 aliphatic carbocycles. The molecule has 8 heteroatoms. The fraction of sp³-hybridized carbons (Fsp3) is 0.364. The first-order chi connectivity index (χ1) is 8.79. The number of carbonyl (C=O) groups is 1. The van der Waals surface area contributed by atoms with Gasteiger partial charge in [0.2, 0.25) is 15.9 Å². The summed E-state index contributed by atoms with van der Waals surface area (Å²) in [6.07, 6.45) is 0. The molecule has 0 unspecified atom stereocenters. The Morgan fingerprint density at radius 2 is 1.84 bits per heavy atom. The molecule has 0 aliphatic rings. The van der Waals surface area contributed by atoms with E-state index in [4.69, 9.17) is 0 Å². The Hall–Kier alpha value is -1.54. The molecule has 0 fully saturated rings. The number of rotatable bonds is 5. The van der Waals surface area contributed by atoms with Crippen LogP contribution in [0.25, 0.3) is 0 Å². The number of nitrogens with one attached hydrogen (secondary N) is 2. The predicted molar refractivity (Wildman–Crippen MR) is 64.8 cm³/mol. The second-order valence-electron chi connectivity index (χ2n) is 3.79. The molecule has 19 heavy (non-hydrogen) atoms. The van der Waals surface area contributed by atoms with Crippen molar-refractivity contribution in [2.75, 3.05) is 6.54 Å². The van der Waals surface area contributed by atoms with Gasteiger partial charge in [0, 0.05) is 6.54 Å². The third kappa shape index (κ3) is 3.71. The predicted octanol–water partition coefficient (Wildman–Crippen LogP) is 0.768. The van der Waals surface area contributed by atoms with Crippen LogP contribution in [0, 0.1) is 11.6 Å². The topological polar surface area (TPSA) is 75.3 Å². The van der Waals surface area contributed by atoms with Crippen LogP contribution in [-0.4, -0.2) is 26.9 Å². The SMILES string of the molecule is CCNC(=O)[C@H](C)NS(=O)(=O)c1c(F)cccc1F. The largest absolute Gasteiger partial charge is 0.355 e. The molecule has 1 rings (SSSR count). The number of halogens is 2. The normalized spacial score (nSPS) is 13.1. The first kappa shape index (κ1) is 15.5. The standard InChI is InChI=1S/C11H14F2N2O3S/c1-3-14-11(16)7(2)15-19(17,18)10-8(12)5-4-6-9(10)13/h4-7,15H,3H2,1-2H3,(H,14,16)/t7-/m0/s1. The maximum Gasteiger partial charge on any atom is 0.247 e. The van der Waals surface area contributed by atoms with Gasteiger partial charge >= 0.3 is 0 Å². The lowest BCUT2D eigenvalue weighted by molar-refractivity contribution is -0.122. The van der Waals surface area contributed by atoms with Crippen LogP contribution in [0.2, 0.25) is 0 Å². The van der Waals surface area contributed by atoms with E-state index in [1.165, 1.54) is 6.92 Å². The number of sulfonamides is 1. The van der Waals surface area contributed by atoms with Crippen molar-refractivity contribution in [1.82, 2.24) is 10.0 Å². The number of hydrogen-bond donors (Lipinski definition) is 2. The maximum atomic E-state index is 13.4. The van der Waals surface area contributed by atoms with E-state index in [-0.39, 0.29) is 0 Å². The van der Waals surface area contributed by atoms with Crippen molar-refractivity contribution >= 4 is 15.9 Å². The number of likely N-dealkylation sites (N-methyl/N-ethyl adjacent to an activating group) is 1. The van der Waals surface area contributed by atoms with Crippen molar-refractivity contribution in [2.24, 2.45) is 0 Å². The summed E-state index contributed by atoms with van der Waals surface area (Å²) in [5, 5.41) is 2.40. The Morgan fingerprint density at radius 1 is 1.32 bits per heavy atom. The molecule has 5 nitrogen and oxygen atoms in total. The van der Waals surface area contributed by atoms with E-state index in [1.54, 1.807) is 6.92 Å². The molecule has 2 N–H and O–H groups in total. The lowest BCUT2D eigenvalue weighted by Crippen LogP contribution is -2.45. The summed E-state index contributed by atoms with van der Waals surface area (Å²) in [5.41, 5.74) is 0. The Bertz CT molecular complexity index is 555. The van der Waals surface area contributed by atoms with E-state index in [9.17, 15) is 22.0 Å². The van der Waals surface area contributed by atoms with Gasteiger partial charge in [-0.3, -0.25) is 4.79 Å². The minimum atomic E-state index is -4.45. The van der Waals surface area contributed by atoms with Gasteiger partial charge in [-0.2, -0.15) is 4.72 Å². The second kappa shape index (κ2) is 6.07. The Kier molecular flexibility index (Phi) is 4.96. The van der Waals surface area contributed by atoms with Crippen molar-refractivity contribution in [3.05, 3.63) is 29.8 Å². The molecule has 0 spiro atoms. The highest BCUT2D eigenvalue weighted by Crippen LogP contribution is 2.18. The highest BCUT2D eigenvalue weighted by molar-refractivity contribution is 7.89. The van der Waals surface area contributed by atoms with E-state index in [0.717, 1.165) is 18.2 Å². The van der Waals surface area contributed by atoms with Gasteiger partial charge in [0.15, 0.2) is 4.90 Å². The van der Waals surface area contributed by atoms with E-state index in [2.05, 4.69) is 5.32 Å². The van der Waals surface area contributed by atoms with Crippen molar-refractivity contribution in [3.63, 3.8) is 0 Å². The molecule has 1 atom stereocenters. The van der Waals surface area contributed by atoms with Crippen molar-refractivity contribution in [2.45, 2.75) is 24.8 Å². The van der Waals surface area contributed by atoms with Gasteiger partial charge in [-0.05, 0) is 26.0 Å². The van der Waals surface area contributed by atoms with Crippen LogP contribution in [0.1, 0.15) is 13.8 Å². The fourth-order valence-corrected chi connectivity index (χ4v) is 2.75. The lowest BCUT2D eigenvalue weighted by atomic mass is 10.3. The van der Waals surface area contributed by atoms with Gasteiger partial charge in [0.05, 0.1) is 6.04 Å². The van der Waals surface area contributed by atoms with Crippen LogP contribution in [-0.2, 0) is 14.8 Å². The summed E-state index contributed by atoms with van der Waals surface area (Å²) in [6.45, 7) is 3.26. The molecule has 0 radical (unpaired) electrons. The van der Waals surface area contributed by atoms with Gasteiger partial charge in [-0.15, -0.1) is 0 Å². The average Bonchev–Trinajstić information content (AvgIpc) is 2.27. The van der Waals surface area contributed by atoms with Gasteiger partial charge < -0.3 is 5.32 Å². The molecule has 0 aliphatic heterocycles. The van der Waals surface area contributed by atoms with Crippen LogP contribution in [0.3, 0.4) is 0 Å². The molecule has 0 heterocycles. The zero-order chi connectivity index (χ0) is 14.6. The third-order valence-electron chi connectivity index (χ3n) is 2.26. The van der Waals surface area contributed by atoms with Crippen LogP contribution in [0.4, 0.5) is 8.78 Å². The molecule has 0 saturated carbocycles. The Balaban J connectivity index is 3.03. The minimum absolute atomic E-state index is 0.318.